The number of hydrogen-bond acceptors (Lipinski definition) is 8. The van der Waals surface area contributed by atoms with Crippen LogP contribution in [0.25, 0.3) is 0 Å². The molecule has 45 heavy (non-hydrogen) atoms. The lowest BCUT2D eigenvalue weighted by Crippen LogP contribution is -2.28. The van der Waals surface area contributed by atoms with Crippen molar-refractivity contribution < 1.29 is 37.0 Å². The molecule has 2 aromatic rings. The maximum atomic E-state index is 11.8. The number of carbonyl (C=O) groups excluding carboxylic acids is 1. The van der Waals surface area contributed by atoms with Crippen molar-refractivity contribution in [3.05, 3.63) is 83.6 Å². The van der Waals surface area contributed by atoms with Gasteiger partial charge in [-0.1, -0.05) is 37.1 Å². The first-order valence-electron chi connectivity index (χ1n) is 15.1. The molecule has 242 valence electrons. The topological polar surface area (TPSA) is 116 Å². The Balaban J connectivity index is 1.61. The summed E-state index contributed by atoms with van der Waals surface area (Å²) < 4.78 is 40.2. The predicted molar refractivity (Wildman–Crippen MR) is 178 cm³/mol. The fourth-order valence-corrected chi connectivity index (χ4v) is 7.24. The quantitative estimate of drug-likeness (QED) is 0.0402. The van der Waals surface area contributed by atoms with Gasteiger partial charge in [0.05, 0.1) is 22.4 Å². The van der Waals surface area contributed by atoms with Gasteiger partial charge in [0, 0.05) is 58.8 Å². The molecule has 0 atom stereocenters. The Morgan fingerprint density at radius 1 is 1.00 bits per heavy atom. The molecule has 2 aliphatic rings. The molecule has 0 spiro atoms. The summed E-state index contributed by atoms with van der Waals surface area (Å²) in [5, 5.41) is 12.4. The number of fused-ring (bicyclic) bond motifs is 2. The number of allylic oxidation sites excluding steroid dienone is 6. The third-order valence-corrected chi connectivity index (χ3v) is 10.1. The van der Waals surface area contributed by atoms with E-state index in [0.29, 0.717) is 13.0 Å². The molecule has 0 unspecified atom stereocenters. The number of carbonyl (C=O) groups is 1. The fraction of sp³-hybridized carbons (Fsp3) is 0.412. The van der Waals surface area contributed by atoms with Crippen molar-refractivity contribution in [2.45, 2.75) is 87.8 Å². The van der Waals surface area contributed by atoms with Gasteiger partial charge in [-0.05, 0) is 82.5 Å². The molecule has 0 radical (unpaired) electrons. The number of unbranched alkanes of at least 4 members (excludes halogenated alkanes) is 2. The Bertz CT molecular complexity index is 1670. The number of anilines is 1. The molecule has 11 heteroatoms. The zero-order valence-electron chi connectivity index (χ0n) is 26.7. The Kier molecular flexibility index (Phi) is 10.9. The van der Waals surface area contributed by atoms with Gasteiger partial charge in [-0.25, -0.2) is 5.26 Å². The van der Waals surface area contributed by atoms with Crippen molar-refractivity contribution >= 4 is 45.0 Å². The second-order valence-electron chi connectivity index (χ2n) is 12.4. The Labute approximate surface area is 270 Å². The molecule has 0 saturated carbocycles. The van der Waals surface area contributed by atoms with E-state index in [1.54, 1.807) is 19.1 Å². The molecular weight excluding hydrogens is 613 g/mol. The van der Waals surface area contributed by atoms with Gasteiger partial charge < -0.3 is 9.69 Å². The Morgan fingerprint density at radius 3 is 2.42 bits per heavy atom. The summed E-state index contributed by atoms with van der Waals surface area (Å²) in [7, 11) is -4.31. The average molecular weight is 656 g/mol. The summed E-state index contributed by atoms with van der Waals surface area (Å²) >= 11 is 0.939. The highest BCUT2D eigenvalue weighted by Crippen LogP contribution is 2.48. The molecule has 0 saturated heterocycles. The van der Waals surface area contributed by atoms with Gasteiger partial charge in [-0.3, -0.25) is 4.55 Å². The molecule has 4 rings (SSSR count). The smallest absolute Gasteiger partial charge is 0.294 e. The minimum atomic E-state index is -4.31. The first-order valence-corrected chi connectivity index (χ1v) is 17.3. The fourth-order valence-electron chi connectivity index (χ4n) is 6.34. The van der Waals surface area contributed by atoms with Crippen LogP contribution in [0, 0.1) is 0 Å². The minimum Gasteiger partial charge on any atom is -0.344 e. The molecule has 0 bridgehead atoms. The standard InChI is InChI=1S/C34H42N2O7S2/c1-7-35-29-20-18-26(45(39,40)41)23-28(29)34(5,6)31(35)15-11-8-12-16-32-33(3,4)27-22-25(44-43-42-38)17-19-30(27)36(32)21-13-9-10-14-24(2)37/h8,11-12,15-20,22-23H,7,9-10,13-14,21H2,1-6H3,(H-,38,39,40,41)/p+1. The van der Waals surface area contributed by atoms with Crippen LogP contribution in [0.2, 0.25) is 0 Å². The Morgan fingerprint density at radius 2 is 1.76 bits per heavy atom. The summed E-state index contributed by atoms with van der Waals surface area (Å²) in [5.74, 6) is 0.216. The van der Waals surface area contributed by atoms with Crippen LogP contribution in [0.15, 0.2) is 82.3 Å². The van der Waals surface area contributed by atoms with Crippen molar-refractivity contribution in [2.75, 3.05) is 18.0 Å². The normalized spacial score (nSPS) is 18.0. The first-order chi connectivity index (χ1) is 21.2. The van der Waals surface area contributed by atoms with Gasteiger partial charge in [-0.15, -0.1) is 4.33 Å². The van der Waals surface area contributed by atoms with Crippen molar-refractivity contribution in [3.8, 4) is 0 Å². The van der Waals surface area contributed by atoms with Gasteiger partial charge in [0.25, 0.3) is 10.1 Å². The van der Waals surface area contributed by atoms with Crippen molar-refractivity contribution in [3.63, 3.8) is 0 Å². The Hall–Kier alpha value is -3.06. The molecule has 2 heterocycles. The van der Waals surface area contributed by atoms with E-state index in [4.69, 9.17) is 5.26 Å². The van der Waals surface area contributed by atoms with Gasteiger partial charge in [-0.2, -0.15) is 13.0 Å². The summed E-state index contributed by atoms with van der Waals surface area (Å²) in [6, 6.07) is 10.8. The van der Waals surface area contributed by atoms with Crippen LogP contribution in [0.1, 0.15) is 78.4 Å². The van der Waals surface area contributed by atoms with Crippen LogP contribution in [-0.4, -0.2) is 47.4 Å². The summed E-state index contributed by atoms with van der Waals surface area (Å²) in [6.45, 7) is 13.7. The minimum absolute atomic E-state index is 0.106. The van der Waals surface area contributed by atoms with Gasteiger partial charge in [0.15, 0.2) is 5.71 Å². The number of hydrogen-bond donors (Lipinski definition) is 2. The van der Waals surface area contributed by atoms with E-state index in [1.165, 1.54) is 6.07 Å². The van der Waals surface area contributed by atoms with E-state index < -0.39 is 15.5 Å². The number of likely N-dealkylation sites (N-methyl/N-ethyl adjacent to an activating group) is 1. The largest absolute Gasteiger partial charge is 0.344 e. The summed E-state index contributed by atoms with van der Waals surface area (Å²) in [5.41, 5.74) is 5.42. The lowest BCUT2D eigenvalue weighted by Gasteiger charge is -2.25. The van der Waals surface area contributed by atoms with Crippen molar-refractivity contribution in [2.24, 2.45) is 0 Å². The van der Waals surface area contributed by atoms with Gasteiger partial charge in [0.1, 0.15) is 12.3 Å². The predicted octanol–water partition coefficient (Wildman–Crippen LogP) is 7.70. The lowest BCUT2D eigenvalue weighted by molar-refractivity contribution is -0.438. The van der Waals surface area contributed by atoms with Crippen LogP contribution in [0.3, 0.4) is 0 Å². The molecule has 2 aliphatic heterocycles. The van der Waals surface area contributed by atoms with E-state index in [0.717, 1.165) is 76.7 Å². The summed E-state index contributed by atoms with van der Waals surface area (Å²) in [4.78, 5) is 14.3. The van der Waals surface area contributed by atoms with Crippen molar-refractivity contribution in [1.82, 2.24) is 0 Å². The van der Waals surface area contributed by atoms with Crippen LogP contribution >= 0.6 is 12.0 Å². The number of nitrogens with zero attached hydrogens (tertiary/aromatic N) is 2. The lowest BCUT2D eigenvalue weighted by atomic mass is 9.81. The van der Waals surface area contributed by atoms with E-state index in [1.807, 2.05) is 24.3 Å². The maximum Gasteiger partial charge on any atom is 0.294 e. The van der Waals surface area contributed by atoms with Crippen LogP contribution in [-0.2, 0) is 35.1 Å². The maximum absolute atomic E-state index is 11.8. The number of rotatable bonds is 14. The van der Waals surface area contributed by atoms with E-state index >= 15 is 0 Å². The van der Waals surface area contributed by atoms with Crippen LogP contribution in [0.4, 0.5) is 11.4 Å². The number of benzene rings is 2. The molecule has 0 aliphatic carbocycles. The van der Waals surface area contributed by atoms with E-state index in [2.05, 4.69) is 77.8 Å². The zero-order valence-corrected chi connectivity index (χ0v) is 28.4. The van der Waals surface area contributed by atoms with E-state index in [-0.39, 0.29) is 16.1 Å². The highest BCUT2D eigenvalue weighted by molar-refractivity contribution is 7.94. The SMILES string of the molecule is CCN1/C(=C/C=C/C=C/C2=[N+](CCCCCC(C)=O)c3ccc(SOOO)cc3C2(C)C)C(C)(C)c2cc(S(=O)(=O)O)ccc21. The molecule has 9 nitrogen and oxygen atoms in total. The highest BCUT2D eigenvalue weighted by atomic mass is 32.2. The zero-order chi connectivity index (χ0) is 33.0. The molecule has 2 N–H and O–H groups in total. The highest BCUT2D eigenvalue weighted by Gasteiger charge is 2.44. The third kappa shape index (κ3) is 7.51. The number of ketones is 1. The molecule has 2 aromatic carbocycles. The van der Waals surface area contributed by atoms with Crippen LogP contribution < -0.4 is 4.90 Å². The first kappa shape index (κ1) is 34.8. The summed E-state index contributed by atoms with van der Waals surface area (Å²) in [6.07, 6.45) is 13.6. The van der Waals surface area contributed by atoms with Gasteiger partial charge >= 0.3 is 0 Å². The van der Waals surface area contributed by atoms with Gasteiger partial charge in [0.2, 0.25) is 5.69 Å². The molecule has 0 aromatic heterocycles. The molecule has 0 fully saturated rings. The second kappa shape index (κ2) is 14.1. The second-order valence-corrected chi connectivity index (χ2v) is 14.6. The third-order valence-electron chi connectivity index (χ3n) is 8.64. The molecular formula is C34H43N2O7S2+. The van der Waals surface area contributed by atoms with E-state index in [9.17, 15) is 17.8 Å². The monoisotopic (exact) mass is 655 g/mol. The van der Waals surface area contributed by atoms with Crippen molar-refractivity contribution in [1.29, 1.82) is 0 Å². The van der Waals surface area contributed by atoms with Crippen LogP contribution in [0.5, 0.6) is 0 Å². The molecule has 0 amide bonds. The average Bonchev–Trinajstić information content (AvgIpc) is 3.32. The number of Topliss-reactive ketones (excluding diaryl/α,β-unsaturated/α-hetero) is 1.